The van der Waals surface area contributed by atoms with Crippen LogP contribution in [-0.4, -0.2) is 32.8 Å². The molecule has 6 nitrogen and oxygen atoms in total. The first-order chi connectivity index (χ1) is 10.7. The molecule has 23 heavy (non-hydrogen) atoms. The van der Waals surface area contributed by atoms with E-state index in [0.29, 0.717) is 17.3 Å². The van der Waals surface area contributed by atoms with Gasteiger partial charge in [0.25, 0.3) is 5.91 Å². The van der Waals surface area contributed by atoms with Gasteiger partial charge in [-0.05, 0) is 26.2 Å². The number of amides is 1. The largest absolute Gasteiger partial charge is 0.345 e. The molecule has 3 N–H and O–H groups in total. The van der Waals surface area contributed by atoms with Crippen LogP contribution in [0.15, 0.2) is 12.4 Å². The Kier molecular flexibility index (Phi) is 5.21. The first-order valence-electron chi connectivity index (χ1n) is 7.73. The van der Waals surface area contributed by atoms with E-state index in [9.17, 15) is 4.79 Å². The van der Waals surface area contributed by atoms with Crippen molar-refractivity contribution in [2.45, 2.75) is 39.7 Å². The van der Waals surface area contributed by atoms with Crippen molar-refractivity contribution < 1.29 is 4.79 Å². The Balaban J connectivity index is 2.21. The fourth-order valence-corrected chi connectivity index (χ4v) is 3.62. The van der Waals surface area contributed by atoms with Gasteiger partial charge in [-0.15, -0.1) is 11.3 Å². The maximum absolute atomic E-state index is 12.7. The smallest absolute Gasteiger partial charge is 0.263 e. The molecule has 0 fully saturated rings. The van der Waals surface area contributed by atoms with Gasteiger partial charge in [0, 0.05) is 25.4 Å². The maximum Gasteiger partial charge on any atom is 0.263 e. The minimum Gasteiger partial charge on any atom is -0.345 e. The third-order valence-corrected chi connectivity index (χ3v) is 4.88. The Morgan fingerprint density at radius 1 is 1.52 bits per heavy atom. The molecule has 0 spiro atoms. The molecule has 1 atom stereocenters. The van der Waals surface area contributed by atoms with E-state index in [4.69, 9.17) is 5.73 Å². The molecule has 0 aliphatic carbocycles. The van der Waals surface area contributed by atoms with Crippen molar-refractivity contribution in [1.29, 1.82) is 0 Å². The van der Waals surface area contributed by atoms with E-state index in [0.717, 1.165) is 22.7 Å². The van der Waals surface area contributed by atoms with E-state index in [1.807, 2.05) is 27.1 Å². The molecule has 0 saturated heterocycles. The lowest BCUT2D eigenvalue weighted by Crippen LogP contribution is -2.52. The number of thiazole rings is 1. The minimum absolute atomic E-state index is 0.108. The van der Waals surface area contributed by atoms with Crippen LogP contribution >= 0.6 is 11.3 Å². The van der Waals surface area contributed by atoms with Crippen molar-refractivity contribution in [1.82, 2.24) is 20.1 Å². The zero-order valence-corrected chi connectivity index (χ0v) is 15.2. The Labute approximate surface area is 141 Å². The van der Waals surface area contributed by atoms with Crippen LogP contribution < -0.4 is 11.1 Å². The highest BCUT2D eigenvalue weighted by atomic mass is 32.1. The van der Waals surface area contributed by atoms with Crippen molar-refractivity contribution in [3.8, 4) is 10.6 Å². The Morgan fingerprint density at radius 2 is 2.22 bits per heavy atom. The van der Waals surface area contributed by atoms with E-state index in [-0.39, 0.29) is 5.91 Å². The quantitative estimate of drug-likeness (QED) is 0.848. The normalized spacial score (nSPS) is 14.0. The molecule has 2 rings (SSSR count). The summed E-state index contributed by atoms with van der Waals surface area (Å²) in [6, 6.07) is 0. The number of aromatic nitrogens is 3. The van der Waals surface area contributed by atoms with Crippen molar-refractivity contribution in [3.63, 3.8) is 0 Å². The van der Waals surface area contributed by atoms with Crippen LogP contribution in [-0.2, 0) is 7.05 Å². The summed E-state index contributed by atoms with van der Waals surface area (Å²) in [5.74, 6) is 0.348. The van der Waals surface area contributed by atoms with Crippen LogP contribution in [0.5, 0.6) is 0 Å². The Hall–Kier alpha value is -1.73. The van der Waals surface area contributed by atoms with Gasteiger partial charge in [-0.3, -0.25) is 9.48 Å². The minimum atomic E-state index is -0.407. The van der Waals surface area contributed by atoms with E-state index >= 15 is 0 Å². The van der Waals surface area contributed by atoms with Gasteiger partial charge in [-0.25, -0.2) is 4.98 Å². The number of aryl methyl sites for hydroxylation is 2. The molecule has 7 heteroatoms. The zero-order valence-electron chi connectivity index (χ0n) is 14.4. The number of carbonyl (C=O) groups is 1. The van der Waals surface area contributed by atoms with Gasteiger partial charge >= 0.3 is 0 Å². The number of carbonyl (C=O) groups excluding carboxylic acids is 1. The van der Waals surface area contributed by atoms with Gasteiger partial charge in [-0.1, -0.05) is 13.8 Å². The molecule has 126 valence electrons. The average molecular weight is 335 g/mol. The van der Waals surface area contributed by atoms with Crippen molar-refractivity contribution in [2.24, 2.45) is 18.7 Å². The summed E-state index contributed by atoms with van der Waals surface area (Å²) in [6.07, 6.45) is 4.48. The molecule has 2 heterocycles. The lowest BCUT2D eigenvalue weighted by Gasteiger charge is -2.31. The van der Waals surface area contributed by atoms with Gasteiger partial charge in [0.1, 0.15) is 9.88 Å². The van der Waals surface area contributed by atoms with Crippen molar-refractivity contribution in [2.75, 3.05) is 6.54 Å². The maximum atomic E-state index is 12.7. The van der Waals surface area contributed by atoms with Crippen LogP contribution in [0.25, 0.3) is 10.6 Å². The zero-order chi connectivity index (χ0) is 17.2. The fourth-order valence-electron chi connectivity index (χ4n) is 2.68. The summed E-state index contributed by atoms with van der Waals surface area (Å²) in [6.45, 7) is 8.50. The van der Waals surface area contributed by atoms with Gasteiger partial charge in [-0.2, -0.15) is 5.10 Å². The molecular formula is C16H25N5OS. The monoisotopic (exact) mass is 335 g/mol. The second-order valence-corrected chi connectivity index (χ2v) is 7.65. The predicted molar refractivity (Wildman–Crippen MR) is 93.4 cm³/mol. The van der Waals surface area contributed by atoms with Gasteiger partial charge < -0.3 is 11.1 Å². The molecule has 2 aromatic rings. The number of rotatable bonds is 6. The number of hydrogen-bond acceptors (Lipinski definition) is 5. The van der Waals surface area contributed by atoms with Crippen LogP contribution in [0.3, 0.4) is 0 Å². The first kappa shape index (κ1) is 17.6. The highest BCUT2D eigenvalue weighted by molar-refractivity contribution is 7.17. The van der Waals surface area contributed by atoms with Crippen LogP contribution in [0.1, 0.15) is 42.6 Å². The van der Waals surface area contributed by atoms with Gasteiger partial charge in [0.2, 0.25) is 0 Å². The standard InChI is InChI=1S/C16H25N5OS/c1-10(2)6-16(4,9-17)20-14(22)13-11(3)19-15(23-13)12-7-18-21(5)8-12/h7-8,10H,6,9,17H2,1-5H3,(H,20,22). The SMILES string of the molecule is Cc1nc(-c2cnn(C)c2)sc1C(=O)NC(C)(CN)CC(C)C. The number of hydrogen-bond donors (Lipinski definition) is 2. The second-order valence-electron chi connectivity index (χ2n) is 6.65. The molecule has 1 unspecified atom stereocenters. The fraction of sp³-hybridized carbons (Fsp3) is 0.562. The first-order valence-corrected chi connectivity index (χ1v) is 8.55. The molecular weight excluding hydrogens is 310 g/mol. The van der Waals surface area contributed by atoms with E-state index in [1.165, 1.54) is 11.3 Å². The summed E-state index contributed by atoms with van der Waals surface area (Å²) >= 11 is 1.39. The topological polar surface area (TPSA) is 85.8 Å². The molecule has 0 radical (unpaired) electrons. The van der Waals surface area contributed by atoms with Gasteiger partial charge in [0.15, 0.2) is 0 Å². The Bertz CT molecular complexity index is 690. The number of nitrogens with one attached hydrogen (secondary N) is 1. The third-order valence-electron chi connectivity index (χ3n) is 3.68. The van der Waals surface area contributed by atoms with Crippen molar-refractivity contribution >= 4 is 17.2 Å². The number of nitrogens with zero attached hydrogens (tertiary/aromatic N) is 3. The van der Waals surface area contributed by atoms with Crippen LogP contribution in [0.2, 0.25) is 0 Å². The average Bonchev–Trinajstić information content (AvgIpc) is 3.03. The second kappa shape index (κ2) is 6.80. The molecule has 0 aliphatic rings. The summed E-state index contributed by atoms with van der Waals surface area (Å²) < 4.78 is 1.72. The van der Waals surface area contributed by atoms with E-state index < -0.39 is 5.54 Å². The highest BCUT2D eigenvalue weighted by Gasteiger charge is 2.28. The lowest BCUT2D eigenvalue weighted by molar-refractivity contribution is 0.0901. The molecule has 2 aromatic heterocycles. The highest BCUT2D eigenvalue weighted by Crippen LogP contribution is 2.28. The van der Waals surface area contributed by atoms with E-state index in [2.05, 4.69) is 29.2 Å². The molecule has 0 aliphatic heterocycles. The summed E-state index contributed by atoms with van der Waals surface area (Å²) in [4.78, 5) is 17.8. The summed E-state index contributed by atoms with van der Waals surface area (Å²) in [5, 5.41) is 8.04. The van der Waals surface area contributed by atoms with E-state index in [1.54, 1.807) is 10.9 Å². The molecule has 0 bridgehead atoms. The molecule has 0 saturated carbocycles. The third kappa shape index (κ3) is 4.17. The predicted octanol–water partition coefficient (Wildman–Crippen LogP) is 2.35. The molecule has 1 amide bonds. The number of nitrogens with two attached hydrogens (primary N) is 1. The van der Waals surface area contributed by atoms with Crippen molar-refractivity contribution in [3.05, 3.63) is 23.0 Å². The lowest BCUT2D eigenvalue weighted by atomic mass is 9.90. The van der Waals surface area contributed by atoms with Crippen LogP contribution in [0, 0.1) is 12.8 Å². The molecule has 0 aromatic carbocycles. The Morgan fingerprint density at radius 3 is 2.74 bits per heavy atom. The van der Waals surface area contributed by atoms with Crippen LogP contribution in [0.4, 0.5) is 0 Å². The van der Waals surface area contributed by atoms with Gasteiger partial charge in [0.05, 0.1) is 17.4 Å². The summed E-state index contributed by atoms with van der Waals surface area (Å²) in [5.41, 5.74) is 7.13. The summed E-state index contributed by atoms with van der Waals surface area (Å²) in [7, 11) is 1.86.